The molecule has 0 amide bonds. The van der Waals surface area contributed by atoms with E-state index in [0.717, 1.165) is 66.7 Å². The molecule has 0 aromatic carbocycles. The number of rotatable bonds is 4. The van der Waals surface area contributed by atoms with Gasteiger partial charge in [-0.25, -0.2) is 24.9 Å². The van der Waals surface area contributed by atoms with Crippen molar-refractivity contribution >= 4 is 11.2 Å². The molecule has 0 atom stereocenters. The van der Waals surface area contributed by atoms with Crippen molar-refractivity contribution in [1.29, 1.82) is 0 Å². The van der Waals surface area contributed by atoms with E-state index in [1.54, 1.807) is 24.8 Å². The summed E-state index contributed by atoms with van der Waals surface area (Å²) in [6, 6.07) is 5.76. The van der Waals surface area contributed by atoms with E-state index >= 15 is 0 Å². The summed E-state index contributed by atoms with van der Waals surface area (Å²) >= 11 is 0. The van der Waals surface area contributed by atoms with Crippen molar-refractivity contribution in [2.24, 2.45) is 0 Å². The number of hydrogen-bond donors (Lipinski definition) is 0. The Labute approximate surface area is 168 Å². The number of nitrogens with zero attached hydrogens (tertiary/aromatic N) is 7. The van der Waals surface area contributed by atoms with E-state index in [9.17, 15) is 0 Å². The molecule has 1 fully saturated rings. The highest BCUT2D eigenvalue weighted by atomic mass is 16.5. The third-order valence-corrected chi connectivity index (χ3v) is 5.23. The molecule has 5 rings (SSSR count). The smallest absolute Gasteiger partial charge is 0.180 e. The molecule has 1 aliphatic heterocycles. The first-order valence-corrected chi connectivity index (χ1v) is 9.88. The van der Waals surface area contributed by atoms with Crippen LogP contribution in [0.4, 0.5) is 0 Å². The van der Waals surface area contributed by atoms with Crippen LogP contribution >= 0.6 is 0 Å². The molecule has 29 heavy (non-hydrogen) atoms. The largest absolute Gasteiger partial charge is 0.381 e. The highest BCUT2D eigenvalue weighted by Gasteiger charge is 2.20. The molecule has 0 saturated carbocycles. The Kier molecular flexibility index (Phi) is 4.69. The standard InChI is InChI=1S/C21H21N7O/c1-2-28-20(15-3-8-22-9-4-15)26-17-13-24-19(27-21(17)28)16-5-10-23-18(25-16)14-6-11-29-12-7-14/h3-5,8-10,13-14H,2,6-7,11-12H2,1H3. The number of aryl methyl sites for hydroxylation is 1. The normalized spacial score (nSPS) is 15.1. The van der Waals surface area contributed by atoms with E-state index in [1.807, 2.05) is 18.2 Å². The molecule has 0 radical (unpaired) electrons. The zero-order chi connectivity index (χ0) is 19.6. The van der Waals surface area contributed by atoms with Crippen LogP contribution in [0.25, 0.3) is 34.1 Å². The van der Waals surface area contributed by atoms with Crippen LogP contribution in [-0.4, -0.2) is 47.7 Å². The minimum absolute atomic E-state index is 0.326. The van der Waals surface area contributed by atoms with Crippen molar-refractivity contribution in [2.75, 3.05) is 13.2 Å². The summed E-state index contributed by atoms with van der Waals surface area (Å²) < 4.78 is 7.55. The SMILES string of the molecule is CCn1c(-c2ccncc2)nc2cnc(-c3ccnc(C4CCOCC4)n3)nc21. The van der Waals surface area contributed by atoms with Crippen molar-refractivity contribution in [1.82, 2.24) is 34.5 Å². The Bertz CT molecular complexity index is 1140. The van der Waals surface area contributed by atoms with Gasteiger partial charge in [0, 0.05) is 49.8 Å². The number of imidazole rings is 1. The zero-order valence-electron chi connectivity index (χ0n) is 16.2. The lowest BCUT2D eigenvalue weighted by Crippen LogP contribution is -2.16. The zero-order valence-corrected chi connectivity index (χ0v) is 16.2. The van der Waals surface area contributed by atoms with E-state index in [-0.39, 0.29) is 0 Å². The third-order valence-electron chi connectivity index (χ3n) is 5.23. The molecule has 1 aliphatic rings. The fraction of sp³-hybridized carbons (Fsp3) is 0.333. The van der Waals surface area contributed by atoms with Crippen molar-refractivity contribution < 1.29 is 4.74 Å². The fourth-order valence-corrected chi connectivity index (χ4v) is 3.71. The maximum Gasteiger partial charge on any atom is 0.180 e. The van der Waals surface area contributed by atoms with Gasteiger partial charge in [-0.1, -0.05) is 0 Å². The quantitative estimate of drug-likeness (QED) is 0.531. The number of pyridine rings is 1. The van der Waals surface area contributed by atoms with Crippen molar-refractivity contribution in [2.45, 2.75) is 32.2 Å². The Morgan fingerprint density at radius 2 is 1.83 bits per heavy atom. The van der Waals surface area contributed by atoms with Crippen LogP contribution in [0.1, 0.15) is 31.5 Å². The van der Waals surface area contributed by atoms with Crippen LogP contribution in [0.2, 0.25) is 0 Å². The lowest BCUT2D eigenvalue weighted by Gasteiger charge is -2.20. The van der Waals surface area contributed by atoms with Gasteiger partial charge in [-0.05, 0) is 38.0 Å². The van der Waals surface area contributed by atoms with Crippen LogP contribution in [-0.2, 0) is 11.3 Å². The first kappa shape index (κ1) is 17.8. The van der Waals surface area contributed by atoms with Gasteiger partial charge < -0.3 is 9.30 Å². The topological polar surface area (TPSA) is 91.5 Å². The van der Waals surface area contributed by atoms with E-state index in [0.29, 0.717) is 11.7 Å². The Balaban J connectivity index is 1.56. The van der Waals surface area contributed by atoms with Gasteiger partial charge in [-0.3, -0.25) is 4.98 Å². The first-order valence-electron chi connectivity index (χ1n) is 9.88. The van der Waals surface area contributed by atoms with Gasteiger partial charge in [0.25, 0.3) is 0 Å². The Hall–Kier alpha value is -3.26. The summed E-state index contributed by atoms with van der Waals surface area (Å²) in [4.78, 5) is 27.4. The third kappa shape index (κ3) is 3.36. The molecule has 8 heteroatoms. The Morgan fingerprint density at radius 3 is 2.62 bits per heavy atom. The Morgan fingerprint density at radius 1 is 1.00 bits per heavy atom. The number of aromatic nitrogens is 7. The van der Waals surface area contributed by atoms with Gasteiger partial charge in [-0.2, -0.15) is 0 Å². The molecule has 0 N–H and O–H groups in total. The molecule has 4 aromatic heterocycles. The minimum atomic E-state index is 0.326. The van der Waals surface area contributed by atoms with E-state index in [2.05, 4.69) is 26.4 Å². The predicted molar refractivity (Wildman–Crippen MR) is 108 cm³/mol. The molecule has 0 unspecified atom stereocenters. The average Bonchev–Trinajstić information content (AvgIpc) is 3.18. The molecule has 146 valence electrons. The summed E-state index contributed by atoms with van der Waals surface area (Å²) in [6.07, 6.45) is 8.99. The molecule has 0 bridgehead atoms. The monoisotopic (exact) mass is 387 g/mol. The van der Waals surface area contributed by atoms with Crippen LogP contribution in [0.3, 0.4) is 0 Å². The maximum atomic E-state index is 5.45. The van der Waals surface area contributed by atoms with Gasteiger partial charge >= 0.3 is 0 Å². The van der Waals surface area contributed by atoms with Gasteiger partial charge in [-0.15, -0.1) is 0 Å². The number of hydrogen-bond acceptors (Lipinski definition) is 7. The maximum absolute atomic E-state index is 5.45. The second-order valence-corrected chi connectivity index (χ2v) is 7.00. The summed E-state index contributed by atoms with van der Waals surface area (Å²) in [5.41, 5.74) is 3.31. The van der Waals surface area contributed by atoms with Gasteiger partial charge in [0.15, 0.2) is 11.5 Å². The van der Waals surface area contributed by atoms with E-state index in [4.69, 9.17) is 19.7 Å². The van der Waals surface area contributed by atoms with Crippen LogP contribution < -0.4 is 0 Å². The molecule has 1 saturated heterocycles. The molecule has 4 aromatic rings. The molecule has 0 spiro atoms. The average molecular weight is 387 g/mol. The molecular formula is C21H21N7O. The number of fused-ring (bicyclic) bond motifs is 1. The van der Waals surface area contributed by atoms with Gasteiger partial charge in [0.05, 0.1) is 6.20 Å². The lowest BCUT2D eigenvalue weighted by molar-refractivity contribution is 0.0836. The van der Waals surface area contributed by atoms with E-state index < -0.39 is 0 Å². The second kappa shape index (κ2) is 7.63. The lowest BCUT2D eigenvalue weighted by atomic mass is 9.99. The summed E-state index contributed by atoms with van der Waals surface area (Å²) in [5.74, 6) is 2.62. The minimum Gasteiger partial charge on any atom is -0.381 e. The van der Waals surface area contributed by atoms with Gasteiger partial charge in [0.1, 0.15) is 22.9 Å². The number of ether oxygens (including phenoxy) is 1. The summed E-state index contributed by atoms with van der Waals surface area (Å²) in [6.45, 7) is 4.35. The van der Waals surface area contributed by atoms with Crippen molar-refractivity contribution in [3.05, 3.63) is 48.8 Å². The second-order valence-electron chi connectivity index (χ2n) is 7.00. The summed E-state index contributed by atoms with van der Waals surface area (Å²) in [5, 5.41) is 0. The van der Waals surface area contributed by atoms with Crippen LogP contribution in [0.15, 0.2) is 43.0 Å². The van der Waals surface area contributed by atoms with E-state index in [1.165, 1.54) is 0 Å². The van der Waals surface area contributed by atoms with Crippen LogP contribution in [0, 0.1) is 0 Å². The van der Waals surface area contributed by atoms with Gasteiger partial charge in [0.2, 0.25) is 0 Å². The highest BCUT2D eigenvalue weighted by molar-refractivity contribution is 5.78. The van der Waals surface area contributed by atoms with Crippen molar-refractivity contribution in [3.8, 4) is 22.9 Å². The molecule has 5 heterocycles. The molecular weight excluding hydrogens is 366 g/mol. The fourth-order valence-electron chi connectivity index (χ4n) is 3.71. The van der Waals surface area contributed by atoms with Crippen molar-refractivity contribution in [3.63, 3.8) is 0 Å². The molecule has 0 aliphatic carbocycles. The first-order chi connectivity index (χ1) is 14.3. The summed E-state index contributed by atoms with van der Waals surface area (Å²) in [7, 11) is 0. The predicted octanol–water partition coefficient (Wildman–Crippen LogP) is 3.26. The highest BCUT2D eigenvalue weighted by Crippen LogP contribution is 2.27. The molecule has 8 nitrogen and oxygen atoms in total. The van der Waals surface area contributed by atoms with Crippen LogP contribution in [0.5, 0.6) is 0 Å².